The second-order valence-electron chi connectivity index (χ2n) is 4.92. The van der Waals surface area contributed by atoms with Crippen molar-refractivity contribution in [1.29, 1.82) is 0 Å². The van der Waals surface area contributed by atoms with Crippen LogP contribution in [-0.4, -0.2) is 30.8 Å². The van der Waals surface area contributed by atoms with Crippen LogP contribution in [0.15, 0.2) is 24.3 Å². The minimum absolute atomic E-state index is 0.0487. The Hall–Kier alpha value is -1.71. The van der Waals surface area contributed by atoms with E-state index in [1.54, 1.807) is 0 Å². The van der Waals surface area contributed by atoms with E-state index in [1.807, 2.05) is 36.1 Å². The molecule has 0 radical (unpaired) electrons. The van der Waals surface area contributed by atoms with Gasteiger partial charge in [-0.2, -0.15) is 0 Å². The van der Waals surface area contributed by atoms with Gasteiger partial charge in [-0.15, -0.1) is 0 Å². The lowest BCUT2D eigenvalue weighted by molar-refractivity contribution is 0.183. The number of rotatable bonds is 8. The van der Waals surface area contributed by atoms with Crippen LogP contribution in [0.1, 0.15) is 38.7 Å². The molecule has 4 nitrogen and oxygen atoms in total. The third kappa shape index (κ3) is 5.95. The number of nitrogens with zero attached hydrogens (tertiary/aromatic N) is 1. The van der Waals surface area contributed by atoms with Crippen LogP contribution < -0.4 is 10.1 Å². The fourth-order valence-corrected chi connectivity index (χ4v) is 1.86. The number of carbonyl (C=O) groups excluding carboxylic acids is 1. The first-order chi connectivity index (χ1) is 9.67. The molecule has 112 valence electrons. The van der Waals surface area contributed by atoms with Crippen molar-refractivity contribution in [2.75, 3.05) is 19.8 Å². The Morgan fingerprint density at radius 3 is 2.45 bits per heavy atom. The van der Waals surface area contributed by atoms with Crippen molar-refractivity contribution in [1.82, 2.24) is 10.2 Å². The number of benzene rings is 1. The fraction of sp³-hybridized carbons (Fsp3) is 0.562. The van der Waals surface area contributed by atoms with Gasteiger partial charge < -0.3 is 15.0 Å². The van der Waals surface area contributed by atoms with Crippen molar-refractivity contribution in [3.05, 3.63) is 29.8 Å². The van der Waals surface area contributed by atoms with Gasteiger partial charge in [-0.3, -0.25) is 0 Å². The summed E-state index contributed by atoms with van der Waals surface area (Å²) < 4.78 is 5.51. The van der Waals surface area contributed by atoms with Gasteiger partial charge in [0.2, 0.25) is 0 Å². The quantitative estimate of drug-likeness (QED) is 0.739. The van der Waals surface area contributed by atoms with E-state index < -0.39 is 0 Å². The van der Waals surface area contributed by atoms with Crippen LogP contribution in [-0.2, 0) is 0 Å². The normalized spacial score (nSPS) is 10.2. The average molecular weight is 278 g/mol. The molecule has 0 aliphatic heterocycles. The average Bonchev–Trinajstić information content (AvgIpc) is 2.45. The van der Waals surface area contributed by atoms with E-state index in [2.05, 4.69) is 19.2 Å². The maximum atomic E-state index is 12.0. The first kappa shape index (κ1) is 16.3. The lowest BCUT2D eigenvalue weighted by atomic mass is 10.2. The predicted molar refractivity (Wildman–Crippen MR) is 82.0 cm³/mol. The molecule has 1 rings (SSSR count). The Morgan fingerprint density at radius 2 is 1.85 bits per heavy atom. The molecule has 0 atom stereocenters. The molecule has 0 heterocycles. The Balaban J connectivity index is 2.34. The Morgan fingerprint density at radius 1 is 1.15 bits per heavy atom. The maximum absolute atomic E-state index is 12.0. The van der Waals surface area contributed by atoms with Crippen molar-refractivity contribution in [2.24, 2.45) is 0 Å². The highest BCUT2D eigenvalue weighted by atomic mass is 16.5. The molecular formula is C16H26N2O2. The van der Waals surface area contributed by atoms with Gasteiger partial charge in [0.05, 0.1) is 0 Å². The molecule has 1 N–H and O–H groups in total. The van der Waals surface area contributed by atoms with Gasteiger partial charge in [0.15, 0.2) is 6.73 Å². The largest absolute Gasteiger partial charge is 0.473 e. The van der Waals surface area contributed by atoms with Crippen molar-refractivity contribution < 1.29 is 9.53 Å². The third-order valence-corrected chi connectivity index (χ3v) is 3.05. The van der Waals surface area contributed by atoms with E-state index in [1.165, 1.54) is 5.56 Å². The molecule has 0 aliphatic rings. The molecular weight excluding hydrogens is 252 g/mol. The number of nitrogens with one attached hydrogen (secondary N) is 1. The molecule has 4 heteroatoms. The van der Waals surface area contributed by atoms with E-state index in [0.29, 0.717) is 0 Å². The van der Waals surface area contributed by atoms with Crippen LogP contribution in [0.4, 0.5) is 4.79 Å². The second kappa shape index (κ2) is 9.23. The van der Waals surface area contributed by atoms with E-state index >= 15 is 0 Å². The Labute approximate surface area is 122 Å². The van der Waals surface area contributed by atoms with Crippen molar-refractivity contribution >= 4 is 6.03 Å². The van der Waals surface area contributed by atoms with Crippen LogP contribution in [0.2, 0.25) is 0 Å². The topological polar surface area (TPSA) is 41.6 Å². The molecule has 20 heavy (non-hydrogen) atoms. The Kier molecular flexibility index (Phi) is 7.55. The van der Waals surface area contributed by atoms with Gasteiger partial charge in [-0.25, -0.2) is 4.79 Å². The number of urea groups is 1. The lowest BCUT2D eigenvalue weighted by Gasteiger charge is -2.22. The van der Waals surface area contributed by atoms with Gasteiger partial charge in [0.25, 0.3) is 0 Å². The number of hydrogen-bond donors (Lipinski definition) is 1. The molecule has 0 saturated heterocycles. The summed E-state index contributed by atoms with van der Waals surface area (Å²) in [5.74, 6) is 0.770. The molecule has 0 aromatic heterocycles. The highest BCUT2D eigenvalue weighted by Gasteiger charge is 2.11. The van der Waals surface area contributed by atoms with Gasteiger partial charge >= 0.3 is 6.03 Å². The number of carbonyl (C=O) groups is 1. The molecule has 0 saturated carbocycles. The van der Waals surface area contributed by atoms with E-state index in [-0.39, 0.29) is 12.8 Å². The van der Waals surface area contributed by atoms with Gasteiger partial charge in [0.1, 0.15) is 5.75 Å². The summed E-state index contributed by atoms with van der Waals surface area (Å²) >= 11 is 0. The van der Waals surface area contributed by atoms with Crippen LogP contribution >= 0.6 is 0 Å². The monoisotopic (exact) mass is 278 g/mol. The Bertz CT molecular complexity index is 390. The zero-order valence-electron chi connectivity index (χ0n) is 12.8. The zero-order chi connectivity index (χ0) is 14.8. The van der Waals surface area contributed by atoms with E-state index in [4.69, 9.17) is 4.74 Å². The lowest BCUT2D eigenvalue weighted by Crippen LogP contribution is -2.42. The van der Waals surface area contributed by atoms with E-state index in [0.717, 1.165) is 38.1 Å². The van der Waals surface area contributed by atoms with Gasteiger partial charge in [-0.1, -0.05) is 38.0 Å². The summed E-state index contributed by atoms with van der Waals surface area (Å²) in [6.07, 6.45) is 3.09. The van der Waals surface area contributed by atoms with E-state index in [9.17, 15) is 4.79 Å². The zero-order valence-corrected chi connectivity index (χ0v) is 12.8. The molecule has 0 bridgehead atoms. The van der Waals surface area contributed by atoms with Gasteiger partial charge in [-0.05, 0) is 31.9 Å². The number of unbranched alkanes of at least 4 members (excludes halogenated alkanes) is 1. The van der Waals surface area contributed by atoms with Gasteiger partial charge in [0, 0.05) is 13.1 Å². The maximum Gasteiger partial charge on any atom is 0.320 e. The van der Waals surface area contributed by atoms with Crippen molar-refractivity contribution in [3.63, 3.8) is 0 Å². The number of ether oxygens (including phenoxy) is 1. The summed E-state index contributed by atoms with van der Waals surface area (Å²) in [4.78, 5) is 13.9. The smallest absolute Gasteiger partial charge is 0.320 e. The first-order valence-electron chi connectivity index (χ1n) is 7.39. The SMILES string of the molecule is CCCCN(CCC)C(=O)NCOc1ccc(C)cc1. The molecule has 1 aromatic carbocycles. The number of aryl methyl sites for hydroxylation is 1. The first-order valence-corrected chi connectivity index (χ1v) is 7.39. The molecule has 0 fully saturated rings. The fourth-order valence-electron chi connectivity index (χ4n) is 1.86. The number of amides is 2. The standard InChI is InChI=1S/C16H26N2O2/c1-4-6-12-18(11-5-2)16(19)17-13-20-15-9-7-14(3)8-10-15/h7-10H,4-6,11-13H2,1-3H3,(H,17,19). The third-order valence-electron chi connectivity index (χ3n) is 3.05. The summed E-state index contributed by atoms with van der Waals surface area (Å²) in [5, 5.41) is 2.80. The second-order valence-corrected chi connectivity index (χ2v) is 4.92. The predicted octanol–water partition coefficient (Wildman–Crippen LogP) is 3.55. The molecule has 1 aromatic rings. The van der Waals surface area contributed by atoms with Crippen LogP contribution in [0.3, 0.4) is 0 Å². The number of hydrogen-bond acceptors (Lipinski definition) is 2. The minimum Gasteiger partial charge on any atom is -0.473 e. The summed E-state index contributed by atoms with van der Waals surface area (Å²) in [6, 6.07) is 7.74. The minimum atomic E-state index is -0.0487. The summed E-state index contributed by atoms with van der Waals surface area (Å²) in [7, 11) is 0. The van der Waals surface area contributed by atoms with Crippen molar-refractivity contribution in [3.8, 4) is 5.75 Å². The van der Waals surface area contributed by atoms with Crippen LogP contribution in [0.25, 0.3) is 0 Å². The summed E-state index contributed by atoms with van der Waals surface area (Å²) in [6.45, 7) is 8.03. The molecule has 0 unspecified atom stereocenters. The summed E-state index contributed by atoms with van der Waals surface area (Å²) in [5.41, 5.74) is 1.19. The molecule has 0 aliphatic carbocycles. The highest BCUT2D eigenvalue weighted by molar-refractivity contribution is 5.73. The van der Waals surface area contributed by atoms with Crippen molar-refractivity contribution in [2.45, 2.75) is 40.0 Å². The molecule has 2 amide bonds. The van der Waals surface area contributed by atoms with Crippen LogP contribution in [0, 0.1) is 6.92 Å². The highest BCUT2D eigenvalue weighted by Crippen LogP contribution is 2.10. The molecule has 0 spiro atoms. The van der Waals surface area contributed by atoms with Crippen LogP contribution in [0.5, 0.6) is 5.75 Å².